The number of nitrogens with zero attached hydrogens (tertiary/aromatic N) is 1. The molecule has 1 N–H and O–H groups in total. The minimum absolute atomic E-state index is 0.0445. The summed E-state index contributed by atoms with van der Waals surface area (Å²) >= 11 is 0. The summed E-state index contributed by atoms with van der Waals surface area (Å²) in [5.41, 5.74) is 5.40. The Kier molecular flexibility index (Phi) is 4.27. The highest BCUT2D eigenvalue weighted by atomic mass is 16.2. The molecule has 1 fully saturated rings. The molecule has 26 heavy (non-hydrogen) atoms. The van der Waals surface area contributed by atoms with Gasteiger partial charge in [0.2, 0.25) is 11.8 Å². The van der Waals surface area contributed by atoms with E-state index in [-0.39, 0.29) is 23.7 Å². The number of aryl methyl sites for hydroxylation is 3. The van der Waals surface area contributed by atoms with E-state index in [9.17, 15) is 9.59 Å². The quantitative estimate of drug-likeness (QED) is 0.916. The van der Waals surface area contributed by atoms with Gasteiger partial charge in [-0.3, -0.25) is 9.59 Å². The van der Waals surface area contributed by atoms with Gasteiger partial charge < -0.3 is 10.2 Å². The zero-order chi connectivity index (χ0) is 18.3. The van der Waals surface area contributed by atoms with E-state index in [0.29, 0.717) is 6.42 Å². The van der Waals surface area contributed by atoms with Gasteiger partial charge in [-0.15, -0.1) is 0 Å². The van der Waals surface area contributed by atoms with Crippen LogP contribution in [0, 0.1) is 25.7 Å². The standard InChI is InChI=1S/C22H24N2O2/c1-14-9-10-17(12-15(14)2)23-21(25)18-13-19(18)22(26)24-11-5-7-16-6-3-4-8-20(16)24/h3-4,6,8-10,12,18-19H,5,7,11,13H2,1-2H3,(H,23,25). The summed E-state index contributed by atoms with van der Waals surface area (Å²) in [6.45, 7) is 4.83. The molecule has 0 spiro atoms. The Bertz CT molecular complexity index is 874. The van der Waals surface area contributed by atoms with Crippen LogP contribution in [0.5, 0.6) is 0 Å². The van der Waals surface area contributed by atoms with Crippen molar-refractivity contribution in [3.63, 3.8) is 0 Å². The minimum Gasteiger partial charge on any atom is -0.326 e. The van der Waals surface area contributed by atoms with Crippen molar-refractivity contribution in [1.82, 2.24) is 0 Å². The van der Waals surface area contributed by atoms with Crippen LogP contribution in [0.15, 0.2) is 42.5 Å². The number of benzene rings is 2. The summed E-state index contributed by atoms with van der Waals surface area (Å²) in [5, 5.41) is 2.97. The predicted octanol–water partition coefficient (Wildman–Crippen LogP) is 3.86. The van der Waals surface area contributed by atoms with E-state index < -0.39 is 0 Å². The monoisotopic (exact) mass is 348 g/mol. The highest BCUT2D eigenvalue weighted by Gasteiger charge is 2.50. The van der Waals surface area contributed by atoms with E-state index in [1.54, 1.807) is 0 Å². The smallest absolute Gasteiger partial charge is 0.230 e. The molecule has 2 aliphatic rings. The van der Waals surface area contributed by atoms with Crippen LogP contribution in [0.1, 0.15) is 29.5 Å². The van der Waals surface area contributed by atoms with Crippen molar-refractivity contribution in [2.75, 3.05) is 16.8 Å². The molecule has 2 atom stereocenters. The molecular weight excluding hydrogens is 324 g/mol. The van der Waals surface area contributed by atoms with Gasteiger partial charge in [0.1, 0.15) is 0 Å². The second kappa shape index (κ2) is 6.60. The molecule has 2 aromatic carbocycles. The Labute approximate surface area is 154 Å². The summed E-state index contributed by atoms with van der Waals surface area (Å²) in [6, 6.07) is 14.0. The first-order valence-corrected chi connectivity index (χ1v) is 9.32. The molecule has 0 saturated heterocycles. The van der Waals surface area contributed by atoms with Gasteiger partial charge in [-0.2, -0.15) is 0 Å². The Morgan fingerprint density at radius 3 is 2.65 bits per heavy atom. The molecule has 4 heteroatoms. The molecule has 1 heterocycles. The van der Waals surface area contributed by atoms with Crippen LogP contribution in [0.2, 0.25) is 0 Å². The van der Waals surface area contributed by atoms with Crippen molar-refractivity contribution >= 4 is 23.2 Å². The third-order valence-corrected chi connectivity index (χ3v) is 5.60. The van der Waals surface area contributed by atoms with Crippen LogP contribution in [-0.4, -0.2) is 18.4 Å². The highest BCUT2D eigenvalue weighted by Crippen LogP contribution is 2.42. The summed E-state index contributed by atoms with van der Waals surface area (Å²) in [6.07, 6.45) is 2.64. The Morgan fingerprint density at radius 1 is 1.04 bits per heavy atom. The summed E-state index contributed by atoms with van der Waals surface area (Å²) in [7, 11) is 0. The van der Waals surface area contributed by atoms with Gasteiger partial charge in [0.05, 0.1) is 11.8 Å². The maximum atomic E-state index is 12.9. The van der Waals surface area contributed by atoms with Gasteiger partial charge in [0.25, 0.3) is 0 Å². The van der Waals surface area contributed by atoms with Gasteiger partial charge in [-0.25, -0.2) is 0 Å². The topological polar surface area (TPSA) is 49.4 Å². The molecule has 0 bridgehead atoms. The van der Waals surface area contributed by atoms with E-state index in [1.165, 1.54) is 11.1 Å². The van der Waals surface area contributed by atoms with E-state index in [0.717, 1.165) is 36.3 Å². The lowest BCUT2D eigenvalue weighted by atomic mass is 10.0. The number of fused-ring (bicyclic) bond motifs is 1. The maximum absolute atomic E-state index is 12.9. The lowest BCUT2D eigenvalue weighted by molar-refractivity contribution is -0.123. The largest absolute Gasteiger partial charge is 0.326 e. The van der Waals surface area contributed by atoms with Crippen molar-refractivity contribution in [2.24, 2.45) is 11.8 Å². The average molecular weight is 348 g/mol. The zero-order valence-corrected chi connectivity index (χ0v) is 15.3. The fourth-order valence-electron chi connectivity index (χ4n) is 3.77. The highest BCUT2D eigenvalue weighted by molar-refractivity contribution is 6.04. The van der Waals surface area contributed by atoms with Gasteiger partial charge in [-0.05, 0) is 68.0 Å². The SMILES string of the molecule is Cc1ccc(NC(=O)C2CC2C(=O)N2CCCc3ccccc32)cc1C. The molecule has 2 amide bonds. The summed E-state index contributed by atoms with van der Waals surface area (Å²) in [5.74, 6) is -0.347. The molecular formula is C22H24N2O2. The second-order valence-electron chi connectivity index (χ2n) is 7.46. The van der Waals surface area contributed by atoms with E-state index >= 15 is 0 Å². The zero-order valence-electron chi connectivity index (χ0n) is 15.3. The number of rotatable bonds is 3. The van der Waals surface area contributed by atoms with Gasteiger partial charge in [0, 0.05) is 17.9 Å². The molecule has 134 valence electrons. The summed E-state index contributed by atoms with van der Waals surface area (Å²) in [4.78, 5) is 27.3. The number of carbonyl (C=O) groups is 2. The summed E-state index contributed by atoms with van der Waals surface area (Å²) < 4.78 is 0. The van der Waals surface area contributed by atoms with E-state index in [2.05, 4.69) is 11.4 Å². The molecule has 2 aromatic rings. The minimum atomic E-state index is -0.210. The molecule has 0 aromatic heterocycles. The Morgan fingerprint density at radius 2 is 1.85 bits per heavy atom. The molecule has 4 rings (SSSR count). The number of nitrogens with one attached hydrogen (secondary N) is 1. The second-order valence-corrected chi connectivity index (χ2v) is 7.46. The van der Waals surface area contributed by atoms with Crippen molar-refractivity contribution in [3.05, 3.63) is 59.2 Å². The fourth-order valence-corrected chi connectivity index (χ4v) is 3.77. The normalized spacial score (nSPS) is 21.1. The number of anilines is 2. The van der Waals surface area contributed by atoms with Crippen molar-refractivity contribution < 1.29 is 9.59 Å². The number of hydrogen-bond donors (Lipinski definition) is 1. The first kappa shape index (κ1) is 16.8. The molecule has 4 nitrogen and oxygen atoms in total. The molecule has 1 aliphatic carbocycles. The number of hydrogen-bond acceptors (Lipinski definition) is 2. The first-order chi connectivity index (χ1) is 12.5. The predicted molar refractivity (Wildman–Crippen MR) is 103 cm³/mol. The Balaban J connectivity index is 1.43. The number of amides is 2. The molecule has 1 saturated carbocycles. The van der Waals surface area contributed by atoms with Crippen LogP contribution in [0.25, 0.3) is 0 Å². The van der Waals surface area contributed by atoms with Crippen molar-refractivity contribution in [1.29, 1.82) is 0 Å². The van der Waals surface area contributed by atoms with Crippen LogP contribution in [0.4, 0.5) is 11.4 Å². The average Bonchev–Trinajstić information content (AvgIpc) is 3.45. The van der Waals surface area contributed by atoms with E-state index in [4.69, 9.17) is 0 Å². The Hall–Kier alpha value is -2.62. The van der Waals surface area contributed by atoms with Crippen molar-refractivity contribution in [3.8, 4) is 0 Å². The maximum Gasteiger partial charge on any atom is 0.230 e. The van der Waals surface area contributed by atoms with Crippen LogP contribution >= 0.6 is 0 Å². The molecule has 2 unspecified atom stereocenters. The molecule has 1 aliphatic heterocycles. The third-order valence-electron chi connectivity index (χ3n) is 5.60. The van der Waals surface area contributed by atoms with Crippen LogP contribution in [0.3, 0.4) is 0 Å². The van der Waals surface area contributed by atoms with E-state index in [1.807, 2.05) is 55.1 Å². The van der Waals surface area contributed by atoms with Crippen molar-refractivity contribution in [2.45, 2.75) is 33.1 Å². The molecule has 0 radical (unpaired) electrons. The first-order valence-electron chi connectivity index (χ1n) is 9.32. The van der Waals surface area contributed by atoms with Crippen LogP contribution < -0.4 is 10.2 Å². The lowest BCUT2D eigenvalue weighted by Gasteiger charge is -2.29. The number of carbonyl (C=O) groups excluding carboxylic acids is 2. The van der Waals surface area contributed by atoms with Crippen LogP contribution in [-0.2, 0) is 16.0 Å². The fraction of sp³-hybridized carbons (Fsp3) is 0.364. The van der Waals surface area contributed by atoms with Gasteiger partial charge >= 0.3 is 0 Å². The van der Waals surface area contributed by atoms with Gasteiger partial charge in [0.15, 0.2) is 0 Å². The number of para-hydroxylation sites is 1. The lowest BCUT2D eigenvalue weighted by Crippen LogP contribution is -2.37. The van der Waals surface area contributed by atoms with Gasteiger partial charge in [-0.1, -0.05) is 24.3 Å². The third kappa shape index (κ3) is 3.12.